The molecule has 0 aromatic heterocycles. The van der Waals surface area contributed by atoms with Gasteiger partial charge in [0.2, 0.25) is 0 Å². The number of carbonyl (C=O) groups excluding carboxylic acids is 1. The van der Waals surface area contributed by atoms with Crippen LogP contribution in [0.1, 0.15) is 16.7 Å². The highest BCUT2D eigenvalue weighted by atomic mass is 16.6. The molecule has 0 atom stereocenters. The first-order chi connectivity index (χ1) is 7.61. The predicted molar refractivity (Wildman–Crippen MR) is 63.5 cm³/mol. The van der Waals surface area contributed by atoms with Gasteiger partial charge in [-0.1, -0.05) is 23.4 Å². The van der Waals surface area contributed by atoms with Crippen LogP contribution in [-0.2, 0) is 9.63 Å². The molecular weight excluding hydrogens is 204 g/mol. The van der Waals surface area contributed by atoms with Gasteiger partial charge < -0.3 is 10.2 Å². The van der Waals surface area contributed by atoms with Gasteiger partial charge >= 0.3 is 0 Å². The van der Waals surface area contributed by atoms with Gasteiger partial charge in [-0.2, -0.15) is 0 Å². The van der Waals surface area contributed by atoms with Crippen molar-refractivity contribution in [2.24, 2.45) is 5.16 Å². The van der Waals surface area contributed by atoms with Crippen LogP contribution >= 0.6 is 0 Å². The molecule has 1 aromatic rings. The Balaban J connectivity index is 3.32. The molecule has 1 aromatic carbocycles. The number of benzene rings is 1. The van der Waals surface area contributed by atoms with Crippen LogP contribution in [0.25, 0.3) is 0 Å². The van der Waals surface area contributed by atoms with Crippen LogP contribution in [0.2, 0.25) is 0 Å². The molecule has 1 rings (SSSR count). The van der Waals surface area contributed by atoms with E-state index < -0.39 is 0 Å². The van der Waals surface area contributed by atoms with Gasteiger partial charge in [-0.3, -0.25) is 4.79 Å². The number of oxime groups is 1. The first kappa shape index (κ1) is 12.2. The Bertz CT molecular complexity index is 405. The standard InChI is InChI=1S/C12H16N2O2/c1-8-6-5-7-9(2)10(8)11(14-16-4)12(15)13-3/h5-7H,1-4H3,(H,13,15)/b14-11-. The number of hydrogen-bond acceptors (Lipinski definition) is 3. The number of aryl methyl sites for hydroxylation is 2. The summed E-state index contributed by atoms with van der Waals surface area (Å²) >= 11 is 0. The van der Waals surface area contributed by atoms with Crippen LogP contribution in [-0.4, -0.2) is 25.8 Å². The van der Waals surface area contributed by atoms with E-state index >= 15 is 0 Å². The van der Waals surface area contributed by atoms with Crippen LogP contribution in [0.4, 0.5) is 0 Å². The van der Waals surface area contributed by atoms with Crippen molar-refractivity contribution < 1.29 is 9.63 Å². The summed E-state index contributed by atoms with van der Waals surface area (Å²) in [7, 11) is 3.00. The van der Waals surface area contributed by atoms with E-state index in [-0.39, 0.29) is 5.91 Å². The summed E-state index contributed by atoms with van der Waals surface area (Å²) in [5, 5.41) is 6.34. The second-order valence-electron chi connectivity index (χ2n) is 3.47. The topological polar surface area (TPSA) is 50.7 Å². The molecule has 1 amide bonds. The molecule has 0 saturated heterocycles. The van der Waals surface area contributed by atoms with Gasteiger partial charge in [0, 0.05) is 12.6 Å². The van der Waals surface area contributed by atoms with Crippen molar-refractivity contribution in [2.45, 2.75) is 13.8 Å². The van der Waals surface area contributed by atoms with Crippen LogP contribution in [0, 0.1) is 13.8 Å². The molecule has 16 heavy (non-hydrogen) atoms. The van der Waals surface area contributed by atoms with Gasteiger partial charge in [0.05, 0.1) is 0 Å². The highest BCUT2D eigenvalue weighted by Crippen LogP contribution is 2.14. The van der Waals surface area contributed by atoms with E-state index in [4.69, 9.17) is 4.84 Å². The molecule has 0 unspecified atom stereocenters. The number of nitrogens with zero attached hydrogens (tertiary/aromatic N) is 1. The highest BCUT2D eigenvalue weighted by molar-refractivity contribution is 6.45. The Hall–Kier alpha value is -1.84. The zero-order valence-electron chi connectivity index (χ0n) is 10.00. The number of likely N-dealkylation sites (N-methyl/N-ethyl adjacent to an activating group) is 1. The van der Waals surface area contributed by atoms with Gasteiger partial charge in [-0.25, -0.2) is 0 Å². The zero-order chi connectivity index (χ0) is 12.1. The summed E-state index contributed by atoms with van der Waals surface area (Å²) in [6, 6.07) is 5.83. The second kappa shape index (κ2) is 5.30. The summed E-state index contributed by atoms with van der Waals surface area (Å²) < 4.78 is 0. The molecule has 0 aliphatic rings. The first-order valence-electron chi connectivity index (χ1n) is 5.01. The van der Waals surface area contributed by atoms with E-state index in [9.17, 15) is 4.79 Å². The molecule has 0 aliphatic heterocycles. The average Bonchev–Trinajstić information content (AvgIpc) is 2.26. The van der Waals surface area contributed by atoms with Crippen molar-refractivity contribution in [1.29, 1.82) is 0 Å². The zero-order valence-corrected chi connectivity index (χ0v) is 10.00. The quantitative estimate of drug-likeness (QED) is 0.618. The van der Waals surface area contributed by atoms with Gasteiger partial charge in [0.25, 0.3) is 5.91 Å². The van der Waals surface area contributed by atoms with Crippen LogP contribution in [0.3, 0.4) is 0 Å². The largest absolute Gasteiger partial charge is 0.398 e. The predicted octanol–water partition coefficient (Wildman–Crippen LogP) is 1.40. The third-order valence-corrected chi connectivity index (χ3v) is 2.34. The highest BCUT2D eigenvalue weighted by Gasteiger charge is 2.17. The minimum Gasteiger partial charge on any atom is -0.398 e. The van der Waals surface area contributed by atoms with Crippen molar-refractivity contribution in [3.8, 4) is 0 Å². The lowest BCUT2D eigenvalue weighted by Crippen LogP contribution is -2.29. The fraction of sp³-hybridized carbons (Fsp3) is 0.333. The SMILES string of the molecule is CNC(=O)/C(=N\OC)c1c(C)cccc1C. The van der Waals surface area contributed by atoms with E-state index in [2.05, 4.69) is 10.5 Å². The lowest BCUT2D eigenvalue weighted by Gasteiger charge is -2.10. The third kappa shape index (κ3) is 2.39. The van der Waals surface area contributed by atoms with Crippen molar-refractivity contribution in [3.63, 3.8) is 0 Å². The third-order valence-electron chi connectivity index (χ3n) is 2.34. The van der Waals surface area contributed by atoms with Crippen LogP contribution < -0.4 is 5.32 Å². The lowest BCUT2D eigenvalue weighted by atomic mass is 9.98. The summed E-state index contributed by atoms with van der Waals surface area (Å²) in [5.74, 6) is -0.251. The maximum atomic E-state index is 11.7. The maximum absolute atomic E-state index is 11.7. The molecule has 0 bridgehead atoms. The molecular formula is C12H16N2O2. The molecule has 1 N–H and O–H groups in total. The van der Waals surface area contributed by atoms with E-state index in [1.165, 1.54) is 7.11 Å². The Morgan fingerprint density at radius 3 is 2.31 bits per heavy atom. The summed E-state index contributed by atoms with van der Waals surface area (Å²) in [4.78, 5) is 16.4. The molecule has 0 saturated carbocycles. The molecule has 0 aliphatic carbocycles. The maximum Gasteiger partial charge on any atom is 0.273 e. The molecule has 0 fully saturated rings. The van der Waals surface area contributed by atoms with Crippen molar-refractivity contribution in [3.05, 3.63) is 34.9 Å². The summed E-state index contributed by atoms with van der Waals surface area (Å²) in [6.45, 7) is 3.88. The van der Waals surface area contributed by atoms with Crippen molar-refractivity contribution >= 4 is 11.6 Å². The Kier molecular flexibility index (Phi) is 4.05. The monoisotopic (exact) mass is 220 g/mol. The molecule has 4 heteroatoms. The van der Waals surface area contributed by atoms with Gasteiger partial charge in [0.15, 0.2) is 5.71 Å². The van der Waals surface area contributed by atoms with Crippen molar-refractivity contribution in [2.75, 3.05) is 14.2 Å². The number of hydrogen-bond donors (Lipinski definition) is 1. The number of rotatable bonds is 3. The number of amides is 1. The normalized spacial score (nSPS) is 11.1. The lowest BCUT2D eigenvalue weighted by molar-refractivity contribution is -0.114. The van der Waals surface area contributed by atoms with Gasteiger partial charge in [-0.05, 0) is 25.0 Å². The average molecular weight is 220 g/mol. The van der Waals surface area contributed by atoms with E-state index in [1.807, 2.05) is 32.0 Å². The minimum absolute atomic E-state index is 0.251. The summed E-state index contributed by atoms with van der Waals surface area (Å²) in [5.41, 5.74) is 3.13. The summed E-state index contributed by atoms with van der Waals surface area (Å²) in [6.07, 6.45) is 0. The Labute approximate surface area is 95.3 Å². The van der Waals surface area contributed by atoms with Crippen molar-refractivity contribution in [1.82, 2.24) is 5.32 Å². The van der Waals surface area contributed by atoms with Crippen LogP contribution in [0.5, 0.6) is 0 Å². The van der Waals surface area contributed by atoms with E-state index in [0.29, 0.717) is 5.71 Å². The number of nitrogens with one attached hydrogen (secondary N) is 1. The Morgan fingerprint density at radius 2 is 1.88 bits per heavy atom. The number of carbonyl (C=O) groups is 1. The molecule has 0 spiro atoms. The van der Waals surface area contributed by atoms with Gasteiger partial charge in [0.1, 0.15) is 7.11 Å². The fourth-order valence-electron chi connectivity index (χ4n) is 1.60. The fourth-order valence-corrected chi connectivity index (χ4v) is 1.60. The molecule has 0 heterocycles. The molecule has 86 valence electrons. The van der Waals surface area contributed by atoms with Gasteiger partial charge in [-0.15, -0.1) is 0 Å². The molecule has 4 nitrogen and oxygen atoms in total. The minimum atomic E-state index is -0.251. The first-order valence-corrected chi connectivity index (χ1v) is 5.01. The Morgan fingerprint density at radius 1 is 1.31 bits per heavy atom. The smallest absolute Gasteiger partial charge is 0.273 e. The second-order valence-corrected chi connectivity index (χ2v) is 3.47. The van der Waals surface area contributed by atoms with Crippen LogP contribution in [0.15, 0.2) is 23.4 Å². The van der Waals surface area contributed by atoms with E-state index in [1.54, 1.807) is 7.05 Å². The van der Waals surface area contributed by atoms with E-state index in [0.717, 1.165) is 16.7 Å². The molecule has 0 radical (unpaired) electrons.